The maximum absolute atomic E-state index is 12.9. The third-order valence-corrected chi connectivity index (χ3v) is 8.01. The molecule has 0 bridgehead atoms. The standard InChI is InChI=1S/C23H23N3O3S2/c1-26-14-16(9-10-19(26)27)18-13-17(15-7-4-3-5-8-15)20-21(24)23(30-22(20)25-18)31(28)12-6-11-29-2/h3-5,7-10,13-14H,6,11-12,24H2,1-2H3. The lowest BCUT2D eigenvalue weighted by Gasteiger charge is -2.09. The highest BCUT2D eigenvalue weighted by Crippen LogP contribution is 2.42. The van der Waals surface area contributed by atoms with Gasteiger partial charge in [0, 0.05) is 49.7 Å². The number of aryl methyl sites for hydroxylation is 1. The first kappa shape index (κ1) is 21.4. The van der Waals surface area contributed by atoms with Gasteiger partial charge >= 0.3 is 0 Å². The Labute approximate surface area is 186 Å². The van der Waals surface area contributed by atoms with Gasteiger partial charge in [0.25, 0.3) is 0 Å². The minimum Gasteiger partial charge on any atom is -0.396 e. The molecule has 3 heterocycles. The van der Waals surface area contributed by atoms with Crippen LogP contribution in [0.15, 0.2) is 63.7 Å². The fourth-order valence-corrected chi connectivity index (χ4v) is 6.06. The number of thiophene rings is 1. The lowest BCUT2D eigenvalue weighted by Crippen LogP contribution is -2.14. The summed E-state index contributed by atoms with van der Waals surface area (Å²) >= 11 is 1.37. The number of anilines is 1. The van der Waals surface area contributed by atoms with E-state index in [9.17, 15) is 9.00 Å². The lowest BCUT2D eigenvalue weighted by molar-refractivity contribution is 0.200. The van der Waals surface area contributed by atoms with Gasteiger partial charge in [0.05, 0.1) is 22.2 Å². The van der Waals surface area contributed by atoms with Gasteiger partial charge in [-0.1, -0.05) is 30.3 Å². The van der Waals surface area contributed by atoms with E-state index < -0.39 is 10.8 Å². The Kier molecular flexibility index (Phi) is 6.31. The monoisotopic (exact) mass is 453 g/mol. The van der Waals surface area contributed by atoms with Crippen LogP contribution in [0.2, 0.25) is 0 Å². The molecule has 4 rings (SSSR count). The first-order valence-corrected chi connectivity index (χ1v) is 12.0. The van der Waals surface area contributed by atoms with Gasteiger partial charge in [0.15, 0.2) is 0 Å². The van der Waals surface area contributed by atoms with Crippen LogP contribution in [0.5, 0.6) is 0 Å². The molecule has 8 heteroatoms. The summed E-state index contributed by atoms with van der Waals surface area (Å²) in [6.45, 7) is 0.556. The van der Waals surface area contributed by atoms with Crippen molar-refractivity contribution in [1.82, 2.24) is 9.55 Å². The van der Waals surface area contributed by atoms with Gasteiger partial charge in [0.1, 0.15) is 9.04 Å². The van der Waals surface area contributed by atoms with Gasteiger partial charge in [-0.2, -0.15) is 0 Å². The molecular formula is C23H23N3O3S2. The number of hydrogen-bond acceptors (Lipinski definition) is 6. The van der Waals surface area contributed by atoms with Crippen molar-refractivity contribution >= 4 is 38.0 Å². The van der Waals surface area contributed by atoms with Crippen molar-refractivity contribution in [2.24, 2.45) is 7.05 Å². The SMILES string of the molecule is COCCCS(=O)c1sc2nc(-c3ccc(=O)n(C)c3)cc(-c3ccccc3)c2c1N. The number of nitrogen functional groups attached to an aromatic ring is 1. The predicted octanol–water partition coefficient (Wildman–Crippen LogP) is 4.06. The molecule has 0 aliphatic carbocycles. The van der Waals surface area contributed by atoms with Crippen LogP contribution in [0.25, 0.3) is 32.6 Å². The first-order valence-electron chi connectivity index (χ1n) is 9.82. The summed E-state index contributed by atoms with van der Waals surface area (Å²) in [6, 6.07) is 15.2. The van der Waals surface area contributed by atoms with Gasteiger partial charge in [0.2, 0.25) is 5.56 Å². The third kappa shape index (κ3) is 4.32. The molecule has 0 fully saturated rings. The Morgan fingerprint density at radius 1 is 1.16 bits per heavy atom. The lowest BCUT2D eigenvalue weighted by atomic mass is 10.0. The van der Waals surface area contributed by atoms with Gasteiger partial charge in [-0.05, 0) is 29.7 Å². The van der Waals surface area contributed by atoms with Crippen molar-refractivity contribution in [3.63, 3.8) is 0 Å². The Balaban J connectivity index is 1.91. The van der Waals surface area contributed by atoms with Crippen LogP contribution in [-0.2, 0) is 22.6 Å². The van der Waals surface area contributed by atoms with Gasteiger partial charge in [-0.15, -0.1) is 11.3 Å². The molecule has 160 valence electrons. The van der Waals surface area contributed by atoms with E-state index in [0.717, 1.165) is 32.6 Å². The largest absolute Gasteiger partial charge is 0.396 e. The second kappa shape index (κ2) is 9.13. The van der Waals surface area contributed by atoms with Crippen LogP contribution < -0.4 is 11.3 Å². The van der Waals surface area contributed by atoms with Crippen LogP contribution in [0.1, 0.15) is 6.42 Å². The van der Waals surface area contributed by atoms with E-state index in [1.54, 1.807) is 26.4 Å². The smallest absolute Gasteiger partial charge is 0.250 e. The van der Waals surface area contributed by atoms with Gasteiger partial charge < -0.3 is 15.0 Å². The highest BCUT2D eigenvalue weighted by atomic mass is 32.2. The molecule has 0 saturated heterocycles. The zero-order chi connectivity index (χ0) is 22.0. The fourth-order valence-electron chi connectivity index (χ4n) is 3.44. The van der Waals surface area contributed by atoms with Crippen molar-refractivity contribution in [1.29, 1.82) is 0 Å². The Hall–Kier alpha value is -2.81. The van der Waals surface area contributed by atoms with Gasteiger partial charge in [-0.3, -0.25) is 9.00 Å². The molecule has 1 unspecified atom stereocenters. The topological polar surface area (TPSA) is 87.2 Å². The van der Waals surface area contributed by atoms with Crippen LogP contribution in [0, 0.1) is 0 Å². The minimum atomic E-state index is -1.22. The van der Waals surface area contributed by atoms with Crippen LogP contribution in [-0.4, -0.2) is 33.2 Å². The molecule has 0 amide bonds. The average Bonchev–Trinajstić information content (AvgIpc) is 3.12. The molecule has 4 aromatic rings. The molecule has 0 saturated carbocycles. The molecule has 1 aromatic carbocycles. The van der Waals surface area contributed by atoms with E-state index in [4.69, 9.17) is 15.5 Å². The summed E-state index contributed by atoms with van der Waals surface area (Å²) < 4.78 is 20.2. The van der Waals surface area contributed by atoms with E-state index in [1.807, 2.05) is 36.4 Å². The highest BCUT2D eigenvalue weighted by molar-refractivity contribution is 7.87. The molecule has 0 aliphatic heterocycles. The quantitative estimate of drug-likeness (QED) is 0.427. The van der Waals surface area contributed by atoms with E-state index in [0.29, 0.717) is 28.7 Å². The summed E-state index contributed by atoms with van der Waals surface area (Å²) in [5, 5.41) is 0.819. The maximum atomic E-state index is 12.9. The Morgan fingerprint density at radius 3 is 2.65 bits per heavy atom. The van der Waals surface area contributed by atoms with Crippen molar-refractivity contribution in [2.75, 3.05) is 25.2 Å². The second-order valence-corrected chi connectivity index (χ2v) is 9.93. The summed E-state index contributed by atoms with van der Waals surface area (Å²) in [6.07, 6.45) is 2.46. The summed E-state index contributed by atoms with van der Waals surface area (Å²) in [4.78, 5) is 17.4. The number of benzene rings is 1. The number of methoxy groups -OCH3 is 1. The second-order valence-electron chi connectivity index (χ2n) is 7.17. The van der Waals surface area contributed by atoms with Crippen molar-refractivity contribution in [3.8, 4) is 22.4 Å². The van der Waals surface area contributed by atoms with Crippen LogP contribution in [0.4, 0.5) is 5.69 Å². The number of nitrogens with zero attached hydrogens (tertiary/aromatic N) is 2. The van der Waals surface area contributed by atoms with E-state index in [1.165, 1.54) is 22.0 Å². The average molecular weight is 454 g/mol. The van der Waals surface area contributed by atoms with E-state index in [2.05, 4.69) is 0 Å². The molecule has 3 aromatic heterocycles. The van der Waals surface area contributed by atoms with Crippen LogP contribution in [0.3, 0.4) is 0 Å². The van der Waals surface area contributed by atoms with Crippen molar-refractivity contribution in [2.45, 2.75) is 10.6 Å². The van der Waals surface area contributed by atoms with E-state index >= 15 is 0 Å². The maximum Gasteiger partial charge on any atom is 0.250 e. The molecular weight excluding hydrogens is 430 g/mol. The first-order chi connectivity index (χ1) is 15.0. The molecule has 1 atom stereocenters. The van der Waals surface area contributed by atoms with Crippen LogP contribution >= 0.6 is 11.3 Å². The zero-order valence-electron chi connectivity index (χ0n) is 17.3. The molecule has 0 spiro atoms. The van der Waals surface area contributed by atoms with Gasteiger partial charge in [-0.25, -0.2) is 4.98 Å². The number of ether oxygens (including phenoxy) is 1. The Morgan fingerprint density at radius 2 is 1.94 bits per heavy atom. The number of fused-ring (bicyclic) bond motifs is 1. The minimum absolute atomic E-state index is 0.0813. The molecule has 2 N–H and O–H groups in total. The molecule has 0 aliphatic rings. The number of rotatable bonds is 7. The molecule has 6 nitrogen and oxygen atoms in total. The predicted molar refractivity (Wildman–Crippen MR) is 128 cm³/mol. The molecule has 0 radical (unpaired) electrons. The number of aromatic nitrogens is 2. The van der Waals surface area contributed by atoms with Crippen molar-refractivity contribution < 1.29 is 8.95 Å². The summed E-state index contributed by atoms with van der Waals surface area (Å²) in [5.74, 6) is 0.485. The molecule has 31 heavy (non-hydrogen) atoms. The van der Waals surface area contributed by atoms with E-state index in [-0.39, 0.29) is 5.56 Å². The number of hydrogen-bond donors (Lipinski definition) is 1. The number of pyridine rings is 2. The third-order valence-electron chi connectivity index (χ3n) is 5.02. The summed E-state index contributed by atoms with van der Waals surface area (Å²) in [5.41, 5.74) is 10.5. The fraction of sp³-hybridized carbons (Fsp3) is 0.217. The van der Waals surface area contributed by atoms with Crippen molar-refractivity contribution in [3.05, 3.63) is 65.1 Å². The summed E-state index contributed by atoms with van der Waals surface area (Å²) in [7, 11) is 2.12. The highest BCUT2D eigenvalue weighted by Gasteiger charge is 2.21. The zero-order valence-corrected chi connectivity index (χ0v) is 19.0. The number of nitrogens with two attached hydrogens (primary N) is 1. The Bertz CT molecular complexity index is 1310. The normalized spacial score (nSPS) is 12.3.